The van der Waals surface area contributed by atoms with Crippen molar-refractivity contribution in [3.8, 4) is 0 Å². The maximum atomic E-state index is 11.7. The van der Waals surface area contributed by atoms with Crippen molar-refractivity contribution in [2.45, 2.75) is 129 Å². The molecule has 0 aromatic heterocycles. The van der Waals surface area contributed by atoms with Gasteiger partial charge in [-0.2, -0.15) is 0 Å². The van der Waals surface area contributed by atoms with Gasteiger partial charge >= 0.3 is 17.9 Å². The summed E-state index contributed by atoms with van der Waals surface area (Å²) in [4.78, 5) is 35.1. The smallest absolute Gasteiger partial charge is 0.362 e. The lowest BCUT2D eigenvalue weighted by molar-refractivity contribution is -0.922. The van der Waals surface area contributed by atoms with Gasteiger partial charge in [-0.15, -0.1) is 0 Å². The average Bonchev–Trinajstić information content (AvgIpc) is 2.75. The van der Waals surface area contributed by atoms with E-state index in [1.165, 1.54) is 84.8 Å². The second-order valence-electron chi connectivity index (χ2n) is 9.00. The van der Waals surface area contributed by atoms with Crippen LogP contribution in [0.4, 0.5) is 0 Å². The molecule has 0 amide bonds. The number of unbranched alkanes of at least 4 members (excludes halogenated alkanes) is 12. The van der Waals surface area contributed by atoms with Gasteiger partial charge in [0.25, 0.3) is 0 Å². The van der Waals surface area contributed by atoms with Crippen molar-refractivity contribution >= 4 is 17.9 Å². The number of carboxylic acid groups (broad SMARTS) is 3. The van der Waals surface area contributed by atoms with Crippen LogP contribution in [0, 0.1) is 0 Å². The summed E-state index contributed by atoms with van der Waals surface area (Å²) in [7, 11) is 0. The maximum Gasteiger partial charge on any atom is 0.362 e. The molecule has 0 heterocycles. The normalized spacial score (nSPS) is 16.4. The molecule has 0 rings (SSSR count). The van der Waals surface area contributed by atoms with E-state index in [9.17, 15) is 29.7 Å². The monoisotopic (exact) mass is 456 g/mol. The molecule has 3 atom stereocenters. The fourth-order valence-corrected chi connectivity index (χ4v) is 4.33. The lowest BCUT2D eigenvalue weighted by Gasteiger charge is -2.44. The highest BCUT2D eigenvalue weighted by Crippen LogP contribution is 2.27. The summed E-state index contributed by atoms with van der Waals surface area (Å²) in [6.07, 6.45) is 18.8. The molecule has 0 spiro atoms. The predicted octanol–water partition coefficient (Wildman–Crippen LogP) is 5.83. The summed E-state index contributed by atoms with van der Waals surface area (Å²) >= 11 is 0. The molecule has 0 aliphatic heterocycles. The van der Waals surface area contributed by atoms with Gasteiger partial charge in [-0.3, -0.25) is 4.48 Å². The molecule has 0 bridgehead atoms. The molecule has 7 heteroatoms. The van der Waals surface area contributed by atoms with Gasteiger partial charge < -0.3 is 15.3 Å². The zero-order valence-corrected chi connectivity index (χ0v) is 20.6. The highest BCUT2D eigenvalue weighted by Gasteiger charge is 2.51. The van der Waals surface area contributed by atoms with Crippen molar-refractivity contribution in [1.82, 2.24) is 0 Å². The lowest BCUT2D eigenvalue weighted by atomic mass is 10.0. The Hall–Kier alpha value is -1.89. The first-order chi connectivity index (χ1) is 15.1. The van der Waals surface area contributed by atoms with Gasteiger partial charge in [-0.1, -0.05) is 77.6 Å². The van der Waals surface area contributed by atoms with Crippen molar-refractivity contribution < 1.29 is 34.2 Å². The average molecular weight is 457 g/mol. The van der Waals surface area contributed by atoms with Crippen LogP contribution in [0.1, 0.15) is 111 Å². The Bertz CT molecular complexity index is 539. The van der Waals surface area contributed by atoms with E-state index in [1.54, 1.807) is 6.08 Å². The zero-order chi connectivity index (χ0) is 24.6. The Morgan fingerprint density at radius 3 is 1.25 bits per heavy atom. The van der Waals surface area contributed by atoms with E-state index in [2.05, 4.69) is 6.92 Å². The molecule has 0 aliphatic rings. The van der Waals surface area contributed by atoms with Gasteiger partial charge in [-0.05, 0) is 39.7 Å². The van der Waals surface area contributed by atoms with Crippen LogP contribution < -0.4 is 0 Å². The van der Waals surface area contributed by atoms with Crippen LogP contribution in [-0.4, -0.2) is 55.8 Å². The third kappa shape index (κ3) is 10.2. The summed E-state index contributed by atoms with van der Waals surface area (Å²) < 4.78 is -0.655. The molecular formula is C25H46NO6+. The number of allylic oxidation sites excluding steroid dienone is 1. The highest BCUT2D eigenvalue weighted by molar-refractivity contribution is 5.77. The van der Waals surface area contributed by atoms with E-state index < -0.39 is 40.5 Å². The van der Waals surface area contributed by atoms with Gasteiger partial charge in [0.15, 0.2) is 18.1 Å². The van der Waals surface area contributed by atoms with Gasteiger partial charge in [0.2, 0.25) is 0 Å². The number of hydrogen-bond donors (Lipinski definition) is 3. The van der Waals surface area contributed by atoms with E-state index in [4.69, 9.17) is 0 Å². The molecule has 0 radical (unpaired) electrons. The molecule has 0 aliphatic carbocycles. The fourth-order valence-electron chi connectivity index (χ4n) is 4.33. The first-order valence-corrected chi connectivity index (χ1v) is 12.4. The number of carbonyl (C=O) groups is 3. The minimum atomic E-state index is -1.22. The molecule has 3 unspecified atom stereocenters. The van der Waals surface area contributed by atoms with Crippen LogP contribution in [0.3, 0.4) is 0 Å². The van der Waals surface area contributed by atoms with Crippen molar-refractivity contribution in [2.75, 3.05) is 0 Å². The molecule has 32 heavy (non-hydrogen) atoms. The first-order valence-electron chi connectivity index (χ1n) is 12.4. The maximum absolute atomic E-state index is 11.7. The lowest BCUT2D eigenvalue weighted by Crippen LogP contribution is -2.67. The molecule has 0 fully saturated rings. The second kappa shape index (κ2) is 16.7. The number of hydrogen-bond acceptors (Lipinski definition) is 3. The number of aliphatic carboxylic acids is 3. The third-order valence-electron chi connectivity index (χ3n) is 6.67. The van der Waals surface area contributed by atoms with E-state index in [1.807, 2.05) is 0 Å². The first kappa shape index (κ1) is 30.1. The molecule has 0 saturated carbocycles. The number of nitrogens with zero attached hydrogens (tertiary/aromatic N) is 1. The van der Waals surface area contributed by atoms with E-state index in [0.717, 1.165) is 19.3 Å². The van der Waals surface area contributed by atoms with E-state index in [-0.39, 0.29) is 0 Å². The number of quaternary nitrogens is 1. The molecule has 3 N–H and O–H groups in total. The van der Waals surface area contributed by atoms with Crippen molar-refractivity contribution in [2.24, 2.45) is 0 Å². The quantitative estimate of drug-likeness (QED) is 0.157. The SMILES string of the molecule is CCCCCCCCCCCCCC/C=C/[N+](C(C)C(=O)O)(C(C)C(=O)O)C(C)C(=O)O. The third-order valence-corrected chi connectivity index (χ3v) is 6.67. The molecule has 7 nitrogen and oxygen atoms in total. The highest BCUT2D eigenvalue weighted by atomic mass is 16.4. The number of carboxylic acids is 3. The Morgan fingerprint density at radius 2 is 0.938 bits per heavy atom. The van der Waals surface area contributed by atoms with Crippen LogP contribution in [0.25, 0.3) is 0 Å². The van der Waals surface area contributed by atoms with E-state index >= 15 is 0 Å². The van der Waals surface area contributed by atoms with Crippen LogP contribution in [0.15, 0.2) is 12.3 Å². The molecule has 0 aromatic rings. The fraction of sp³-hybridized carbons (Fsp3) is 0.800. The summed E-state index contributed by atoms with van der Waals surface area (Å²) in [6.45, 7) is 6.34. The molecular weight excluding hydrogens is 410 g/mol. The minimum absolute atomic E-state index is 0.655. The van der Waals surface area contributed by atoms with E-state index in [0.29, 0.717) is 6.42 Å². The van der Waals surface area contributed by atoms with Gasteiger partial charge in [0, 0.05) is 0 Å². The van der Waals surface area contributed by atoms with Crippen LogP contribution in [-0.2, 0) is 14.4 Å². The Labute approximate surface area is 194 Å². The Kier molecular flexibility index (Phi) is 15.7. The van der Waals surface area contributed by atoms with Crippen molar-refractivity contribution in [1.29, 1.82) is 0 Å². The summed E-state index contributed by atoms with van der Waals surface area (Å²) in [5.74, 6) is -3.66. The standard InChI is InChI=1S/C25H45NO6/c1-5-6-7-8-9-10-11-12-13-14-15-16-17-18-19-26(20(2)23(27)28,21(3)24(29)30)22(4)25(31)32/h18-22H,5-17H2,1-4H3,(H2-,27,28,29,30,31,32)/p+1/b19-18+. The van der Waals surface area contributed by atoms with Gasteiger partial charge in [0.05, 0.1) is 6.20 Å². The molecule has 186 valence electrons. The predicted molar refractivity (Wildman–Crippen MR) is 126 cm³/mol. The summed E-state index contributed by atoms with van der Waals surface area (Å²) in [5, 5.41) is 28.7. The molecule has 0 saturated heterocycles. The van der Waals surface area contributed by atoms with Crippen molar-refractivity contribution in [3.05, 3.63) is 12.3 Å². The summed E-state index contributed by atoms with van der Waals surface area (Å²) in [6, 6.07) is -3.61. The van der Waals surface area contributed by atoms with Crippen LogP contribution in [0.2, 0.25) is 0 Å². The minimum Gasteiger partial charge on any atom is -0.477 e. The van der Waals surface area contributed by atoms with Crippen molar-refractivity contribution in [3.63, 3.8) is 0 Å². The summed E-state index contributed by atoms with van der Waals surface area (Å²) in [5.41, 5.74) is 0. The van der Waals surface area contributed by atoms with Crippen LogP contribution in [0.5, 0.6) is 0 Å². The zero-order valence-electron chi connectivity index (χ0n) is 20.6. The second-order valence-corrected chi connectivity index (χ2v) is 9.00. The Balaban J connectivity index is 4.63. The topological polar surface area (TPSA) is 112 Å². The van der Waals surface area contributed by atoms with Gasteiger partial charge in [-0.25, -0.2) is 14.4 Å². The largest absolute Gasteiger partial charge is 0.477 e. The van der Waals surface area contributed by atoms with Gasteiger partial charge in [0.1, 0.15) is 0 Å². The Morgan fingerprint density at radius 1 is 0.625 bits per heavy atom. The van der Waals surface area contributed by atoms with Crippen LogP contribution >= 0.6 is 0 Å². The molecule has 0 aromatic carbocycles. The number of rotatable bonds is 20.